The number of ether oxygens (including phenoxy) is 1. The number of benzene rings is 1. The fourth-order valence-corrected chi connectivity index (χ4v) is 2.50. The standard InChI is InChI=1S/C12H14O/c1-9-12(13-9)7-6-10-4-2-3-5-11(10)8-12/h2-5,9H,6-8H2,1H3/t9-,12+/m1/s1. The highest BCUT2D eigenvalue weighted by Gasteiger charge is 2.54. The Hall–Kier alpha value is -0.820. The number of hydrogen-bond donors (Lipinski definition) is 0. The molecule has 1 nitrogen and oxygen atoms in total. The molecule has 0 saturated carbocycles. The van der Waals surface area contributed by atoms with Crippen molar-refractivity contribution in [3.05, 3.63) is 35.4 Å². The summed E-state index contributed by atoms with van der Waals surface area (Å²) in [5.74, 6) is 0. The van der Waals surface area contributed by atoms with Gasteiger partial charge in [0, 0.05) is 6.42 Å². The second kappa shape index (κ2) is 2.36. The average molecular weight is 174 g/mol. The van der Waals surface area contributed by atoms with E-state index in [1.54, 1.807) is 0 Å². The van der Waals surface area contributed by atoms with Crippen molar-refractivity contribution in [1.82, 2.24) is 0 Å². The highest BCUT2D eigenvalue weighted by molar-refractivity contribution is 5.33. The summed E-state index contributed by atoms with van der Waals surface area (Å²) < 4.78 is 5.70. The van der Waals surface area contributed by atoms with Gasteiger partial charge in [0.25, 0.3) is 0 Å². The van der Waals surface area contributed by atoms with E-state index in [0.29, 0.717) is 6.10 Å². The SMILES string of the molecule is C[C@H]1O[C@]12CCc1ccccc1C2. The molecular weight excluding hydrogens is 160 g/mol. The molecule has 1 aromatic carbocycles. The van der Waals surface area contributed by atoms with Crippen molar-refractivity contribution < 1.29 is 4.74 Å². The van der Waals surface area contributed by atoms with Gasteiger partial charge in [-0.1, -0.05) is 24.3 Å². The first kappa shape index (κ1) is 7.57. The fraction of sp³-hybridized carbons (Fsp3) is 0.500. The van der Waals surface area contributed by atoms with Crippen LogP contribution in [0.2, 0.25) is 0 Å². The number of hydrogen-bond acceptors (Lipinski definition) is 1. The van der Waals surface area contributed by atoms with Gasteiger partial charge in [-0.15, -0.1) is 0 Å². The van der Waals surface area contributed by atoms with Gasteiger partial charge in [-0.25, -0.2) is 0 Å². The summed E-state index contributed by atoms with van der Waals surface area (Å²) >= 11 is 0. The van der Waals surface area contributed by atoms with Crippen molar-refractivity contribution in [2.24, 2.45) is 0 Å². The third-order valence-corrected chi connectivity index (χ3v) is 3.52. The zero-order valence-corrected chi connectivity index (χ0v) is 7.92. The van der Waals surface area contributed by atoms with Gasteiger partial charge in [0.1, 0.15) is 0 Å². The Bertz CT molecular complexity index is 345. The second-order valence-corrected chi connectivity index (χ2v) is 4.27. The Morgan fingerprint density at radius 1 is 1.31 bits per heavy atom. The molecule has 1 aliphatic heterocycles. The molecule has 1 spiro atoms. The van der Waals surface area contributed by atoms with Crippen molar-refractivity contribution in [1.29, 1.82) is 0 Å². The zero-order valence-electron chi connectivity index (χ0n) is 7.92. The van der Waals surface area contributed by atoms with E-state index in [1.807, 2.05) is 0 Å². The number of epoxide rings is 1. The van der Waals surface area contributed by atoms with E-state index in [2.05, 4.69) is 31.2 Å². The van der Waals surface area contributed by atoms with Gasteiger partial charge in [-0.2, -0.15) is 0 Å². The summed E-state index contributed by atoms with van der Waals surface area (Å²) in [5, 5.41) is 0. The first-order valence-corrected chi connectivity index (χ1v) is 5.05. The van der Waals surface area contributed by atoms with Crippen molar-refractivity contribution in [3.63, 3.8) is 0 Å². The predicted octanol–water partition coefficient (Wildman–Crippen LogP) is 2.33. The zero-order chi connectivity index (χ0) is 8.89. The van der Waals surface area contributed by atoms with Crippen LogP contribution in [0.1, 0.15) is 24.5 Å². The molecule has 1 aromatic rings. The van der Waals surface area contributed by atoms with E-state index in [9.17, 15) is 0 Å². The minimum absolute atomic E-state index is 0.231. The summed E-state index contributed by atoms with van der Waals surface area (Å²) in [6.07, 6.45) is 4.02. The molecule has 0 aromatic heterocycles. The third-order valence-electron chi connectivity index (χ3n) is 3.52. The number of fused-ring (bicyclic) bond motifs is 1. The van der Waals surface area contributed by atoms with Crippen LogP contribution in [0.5, 0.6) is 0 Å². The lowest BCUT2D eigenvalue weighted by atomic mass is 9.82. The third kappa shape index (κ3) is 1.03. The van der Waals surface area contributed by atoms with Crippen LogP contribution in [0.4, 0.5) is 0 Å². The largest absolute Gasteiger partial charge is 0.366 e. The highest BCUT2D eigenvalue weighted by atomic mass is 16.6. The number of aryl methyl sites for hydroxylation is 1. The second-order valence-electron chi connectivity index (χ2n) is 4.27. The maximum atomic E-state index is 5.70. The Morgan fingerprint density at radius 2 is 2.00 bits per heavy atom. The molecular formula is C12H14O. The van der Waals surface area contributed by atoms with E-state index in [4.69, 9.17) is 4.74 Å². The molecule has 1 saturated heterocycles. The first-order chi connectivity index (χ1) is 6.30. The Balaban J connectivity index is 1.96. The van der Waals surface area contributed by atoms with E-state index >= 15 is 0 Å². The minimum atomic E-state index is 0.231. The normalized spacial score (nSPS) is 35.9. The summed E-state index contributed by atoms with van der Waals surface area (Å²) in [7, 11) is 0. The molecule has 1 fully saturated rings. The van der Waals surface area contributed by atoms with E-state index < -0.39 is 0 Å². The molecule has 1 heteroatoms. The van der Waals surface area contributed by atoms with E-state index in [-0.39, 0.29) is 5.60 Å². The topological polar surface area (TPSA) is 12.5 Å². The lowest BCUT2D eigenvalue weighted by Crippen LogP contribution is -2.24. The summed E-state index contributed by atoms with van der Waals surface area (Å²) in [4.78, 5) is 0. The van der Waals surface area contributed by atoms with Crippen LogP contribution in [0, 0.1) is 0 Å². The number of rotatable bonds is 0. The van der Waals surface area contributed by atoms with Crippen LogP contribution in [0.25, 0.3) is 0 Å². The Labute approximate surface area is 78.7 Å². The van der Waals surface area contributed by atoms with Crippen molar-refractivity contribution in [2.75, 3.05) is 0 Å². The van der Waals surface area contributed by atoms with Gasteiger partial charge >= 0.3 is 0 Å². The summed E-state index contributed by atoms with van der Waals surface area (Å²) in [6, 6.07) is 8.75. The smallest absolute Gasteiger partial charge is 0.0988 e. The molecule has 68 valence electrons. The molecule has 0 radical (unpaired) electrons. The van der Waals surface area contributed by atoms with Crippen LogP contribution in [-0.4, -0.2) is 11.7 Å². The van der Waals surface area contributed by atoms with Crippen molar-refractivity contribution in [2.45, 2.75) is 37.9 Å². The van der Waals surface area contributed by atoms with E-state index in [0.717, 1.165) is 6.42 Å². The predicted molar refractivity (Wildman–Crippen MR) is 51.7 cm³/mol. The molecule has 2 aliphatic rings. The van der Waals surface area contributed by atoms with Crippen molar-refractivity contribution >= 4 is 0 Å². The molecule has 3 rings (SSSR count). The summed E-state index contributed by atoms with van der Waals surface area (Å²) in [5.41, 5.74) is 3.25. The Morgan fingerprint density at radius 3 is 2.69 bits per heavy atom. The molecule has 0 unspecified atom stereocenters. The summed E-state index contributed by atoms with van der Waals surface area (Å²) in [6.45, 7) is 2.19. The lowest BCUT2D eigenvalue weighted by molar-refractivity contribution is 0.272. The fourth-order valence-electron chi connectivity index (χ4n) is 2.50. The van der Waals surface area contributed by atoms with Crippen LogP contribution in [0.3, 0.4) is 0 Å². The van der Waals surface area contributed by atoms with Crippen LogP contribution < -0.4 is 0 Å². The van der Waals surface area contributed by atoms with Gasteiger partial charge in [0.2, 0.25) is 0 Å². The van der Waals surface area contributed by atoms with Crippen LogP contribution >= 0.6 is 0 Å². The van der Waals surface area contributed by atoms with Crippen LogP contribution in [0.15, 0.2) is 24.3 Å². The average Bonchev–Trinajstić information content (AvgIpc) is 2.76. The maximum absolute atomic E-state index is 5.70. The van der Waals surface area contributed by atoms with Crippen LogP contribution in [-0.2, 0) is 17.6 Å². The van der Waals surface area contributed by atoms with Gasteiger partial charge in [0.05, 0.1) is 11.7 Å². The van der Waals surface area contributed by atoms with Crippen molar-refractivity contribution in [3.8, 4) is 0 Å². The Kier molecular flexibility index (Phi) is 1.37. The molecule has 13 heavy (non-hydrogen) atoms. The molecule has 0 N–H and O–H groups in total. The molecule has 0 amide bonds. The van der Waals surface area contributed by atoms with Gasteiger partial charge < -0.3 is 4.74 Å². The van der Waals surface area contributed by atoms with Gasteiger partial charge in [-0.05, 0) is 30.9 Å². The molecule has 1 aliphatic carbocycles. The minimum Gasteiger partial charge on any atom is -0.366 e. The lowest BCUT2D eigenvalue weighted by Gasteiger charge is -2.21. The molecule has 0 bridgehead atoms. The molecule has 2 atom stereocenters. The monoisotopic (exact) mass is 174 g/mol. The first-order valence-electron chi connectivity index (χ1n) is 5.05. The molecule has 1 heterocycles. The maximum Gasteiger partial charge on any atom is 0.0988 e. The highest BCUT2D eigenvalue weighted by Crippen LogP contribution is 2.46. The van der Waals surface area contributed by atoms with Gasteiger partial charge in [-0.3, -0.25) is 0 Å². The van der Waals surface area contributed by atoms with Gasteiger partial charge in [0.15, 0.2) is 0 Å². The van der Waals surface area contributed by atoms with E-state index in [1.165, 1.54) is 24.0 Å². The quantitative estimate of drug-likeness (QED) is 0.550.